The summed E-state index contributed by atoms with van der Waals surface area (Å²) in [5, 5.41) is 5.99. The van der Waals surface area contributed by atoms with Gasteiger partial charge in [0.1, 0.15) is 18.0 Å². The van der Waals surface area contributed by atoms with Gasteiger partial charge in [0.25, 0.3) is 0 Å². The summed E-state index contributed by atoms with van der Waals surface area (Å²) in [7, 11) is 1.84. The molecule has 2 atom stereocenters. The van der Waals surface area contributed by atoms with Crippen LogP contribution in [0.1, 0.15) is 32.6 Å². The summed E-state index contributed by atoms with van der Waals surface area (Å²) in [5.74, 6) is 1.63. The summed E-state index contributed by atoms with van der Waals surface area (Å²) in [5.41, 5.74) is 5.84. The molecule has 1 aromatic rings. The molecule has 1 aliphatic rings. The SMILES string of the molecule is CCCC(N)C(=O)NCC1CCCN1c1cc(NC)ncn1. The van der Waals surface area contributed by atoms with Gasteiger partial charge in [-0.05, 0) is 19.3 Å². The highest BCUT2D eigenvalue weighted by atomic mass is 16.2. The van der Waals surface area contributed by atoms with Crippen LogP contribution in [-0.4, -0.2) is 48.1 Å². The van der Waals surface area contributed by atoms with E-state index in [1.165, 1.54) is 0 Å². The molecule has 7 nitrogen and oxygen atoms in total. The zero-order valence-electron chi connectivity index (χ0n) is 13.4. The molecule has 0 aromatic carbocycles. The lowest BCUT2D eigenvalue weighted by molar-refractivity contribution is -0.122. The number of anilines is 2. The summed E-state index contributed by atoms with van der Waals surface area (Å²) < 4.78 is 0. The van der Waals surface area contributed by atoms with Gasteiger partial charge in [0.05, 0.1) is 6.04 Å². The van der Waals surface area contributed by atoms with Crippen LogP contribution in [0.4, 0.5) is 11.6 Å². The van der Waals surface area contributed by atoms with Crippen LogP contribution in [0.25, 0.3) is 0 Å². The predicted molar refractivity (Wildman–Crippen MR) is 87.8 cm³/mol. The number of carbonyl (C=O) groups excluding carboxylic acids is 1. The van der Waals surface area contributed by atoms with Gasteiger partial charge in [-0.1, -0.05) is 13.3 Å². The Morgan fingerprint density at radius 1 is 1.55 bits per heavy atom. The average Bonchev–Trinajstić information content (AvgIpc) is 3.01. The van der Waals surface area contributed by atoms with Crippen LogP contribution >= 0.6 is 0 Å². The molecular formula is C15H26N6O. The van der Waals surface area contributed by atoms with Crippen molar-refractivity contribution in [2.75, 3.05) is 30.4 Å². The molecule has 2 rings (SSSR count). The molecule has 1 amide bonds. The summed E-state index contributed by atoms with van der Waals surface area (Å²) in [6.07, 6.45) is 5.34. The Morgan fingerprint density at radius 2 is 2.36 bits per heavy atom. The molecule has 1 saturated heterocycles. The molecule has 22 heavy (non-hydrogen) atoms. The van der Waals surface area contributed by atoms with Crippen molar-refractivity contribution in [3.05, 3.63) is 12.4 Å². The number of nitrogens with two attached hydrogens (primary N) is 1. The van der Waals surface area contributed by atoms with Crippen molar-refractivity contribution in [3.8, 4) is 0 Å². The molecule has 122 valence electrons. The summed E-state index contributed by atoms with van der Waals surface area (Å²) >= 11 is 0. The molecule has 0 bridgehead atoms. The second kappa shape index (κ2) is 7.93. The molecule has 0 aliphatic carbocycles. The first-order valence-electron chi connectivity index (χ1n) is 7.95. The average molecular weight is 306 g/mol. The lowest BCUT2D eigenvalue weighted by atomic mass is 10.1. The standard InChI is InChI=1S/C15H26N6O/c1-3-5-12(16)15(22)18-9-11-6-4-7-21(11)14-8-13(17-2)19-10-20-14/h8,10-12H,3-7,9,16H2,1-2H3,(H,18,22)(H,17,19,20). The van der Waals surface area contributed by atoms with Crippen molar-refractivity contribution in [2.45, 2.75) is 44.7 Å². The Bertz CT molecular complexity index is 495. The molecule has 0 spiro atoms. The number of aromatic nitrogens is 2. The highest BCUT2D eigenvalue weighted by Crippen LogP contribution is 2.24. The van der Waals surface area contributed by atoms with E-state index in [0.29, 0.717) is 6.54 Å². The van der Waals surface area contributed by atoms with Crippen LogP contribution in [0.5, 0.6) is 0 Å². The van der Waals surface area contributed by atoms with Gasteiger partial charge in [-0.2, -0.15) is 0 Å². The van der Waals surface area contributed by atoms with Gasteiger partial charge in [-0.3, -0.25) is 4.79 Å². The van der Waals surface area contributed by atoms with Gasteiger partial charge < -0.3 is 21.3 Å². The molecule has 4 N–H and O–H groups in total. The first kappa shape index (κ1) is 16.5. The maximum atomic E-state index is 11.9. The minimum absolute atomic E-state index is 0.0627. The van der Waals surface area contributed by atoms with E-state index >= 15 is 0 Å². The molecule has 1 aliphatic heterocycles. The fraction of sp³-hybridized carbons (Fsp3) is 0.667. The first-order valence-corrected chi connectivity index (χ1v) is 7.95. The Morgan fingerprint density at radius 3 is 3.09 bits per heavy atom. The zero-order valence-corrected chi connectivity index (χ0v) is 13.4. The number of nitrogens with one attached hydrogen (secondary N) is 2. The van der Waals surface area contributed by atoms with E-state index in [4.69, 9.17) is 5.73 Å². The third-order valence-corrected chi connectivity index (χ3v) is 4.03. The predicted octanol–water partition coefficient (Wildman–Crippen LogP) is 0.731. The smallest absolute Gasteiger partial charge is 0.236 e. The molecule has 0 saturated carbocycles. The minimum Gasteiger partial charge on any atom is -0.373 e. The third-order valence-electron chi connectivity index (χ3n) is 4.03. The van der Waals surface area contributed by atoms with Crippen molar-refractivity contribution >= 4 is 17.5 Å². The van der Waals surface area contributed by atoms with Crippen LogP contribution in [0.15, 0.2) is 12.4 Å². The van der Waals surface area contributed by atoms with E-state index in [0.717, 1.165) is 43.9 Å². The van der Waals surface area contributed by atoms with E-state index in [-0.39, 0.29) is 11.9 Å². The monoisotopic (exact) mass is 306 g/mol. The Labute approximate surface area is 131 Å². The Hall–Kier alpha value is -1.89. The van der Waals surface area contributed by atoms with Crippen LogP contribution in [0.3, 0.4) is 0 Å². The Kier molecular flexibility index (Phi) is 5.94. The fourth-order valence-corrected chi connectivity index (χ4v) is 2.78. The Balaban J connectivity index is 1.94. The van der Waals surface area contributed by atoms with E-state index in [9.17, 15) is 4.79 Å². The van der Waals surface area contributed by atoms with Crippen molar-refractivity contribution in [2.24, 2.45) is 5.73 Å². The van der Waals surface area contributed by atoms with Crippen LogP contribution in [0, 0.1) is 0 Å². The minimum atomic E-state index is -0.408. The molecule has 0 radical (unpaired) electrons. The molecule has 2 heterocycles. The van der Waals surface area contributed by atoms with E-state index in [1.54, 1.807) is 6.33 Å². The third kappa shape index (κ3) is 4.07. The molecule has 2 unspecified atom stereocenters. The molecule has 1 aromatic heterocycles. The van der Waals surface area contributed by atoms with Gasteiger partial charge in [0, 0.05) is 32.2 Å². The zero-order chi connectivity index (χ0) is 15.9. The van der Waals surface area contributed by atoms with E-state index < -0.39 is 6.04 Å². The van der Waals surface area contributed by atoms with E-state index in [2.05, 4.69) is 25.5 Å². The molecular weight excluding hydrogens is 280 g/mol. The number of nitrogens with zero attached hydrogens (tertiary/aromatic N) is 3. The second-order valence-corrected chi connectivity index (χ2v) is 5.64. The van der Waals surface area contributed by atoms with Gasteiger partial charge in [0.15, 0.2) is 0 Å². The fourth-order valence-electron chi connectivity index (χ4n) is 2.78. The topological polar surface area (TPSA) is 96.2 Å². The van der Waals surface area contributed by atoms with Crippen LogP contribution < -0.4 is 21.3 Å². The maximum absolute atomic E-state index is 11.9. The number of hydrogen-bond acceptors (Lipinski definition) is 6. The maximum Gasteiger partial charge on any atom is 0.236 e. The highest BCUT2D eigenvalue weighted by molar-refractivity contribution is 5.81. The lowest BCUT2D eigenvalue weighted by Crippen LogP contribution is -2.46. The van der Waals surface area contributed by atoms with Crippen LogP contribution in [-0.2, 0) is 4.79 Å². The lowest BCUT2D eigenvalue weighted by Gasteiger charge is -2.26. The summed E-state index contributed by atoms with van der Waals surface area (Å²) in [6, 6.07) is 1.79. The normalized spacial score (nSPS) is 19.0. The quantitative estimate of drug-likeness (QED) is 0.687. The molecule has 1 fully saturated rings. The number of amides is 1. The van der Waals surface area contributed by atoms with Gasteiger partial charge in [-0.15, -0.1) is 0 Å². The largest absolute Gasteiger partial charge is 0.373 e. The number of rotatable bonds is 7. The van der Waals surface area contributed by atoms with Gasteiger partial charge in [0.2, 0.25) is 5.91 Å². The second-order valence-electron chi connectivity index (χ2n) is 5.64. The number of hydrogen-bond donors (Lipinski definition) is 3. The first-order chi connectivity index (χ1) is 10.7. The summed E-state index contributed by atoms with van der Waals surface area (Å²) in [6.45, 7) is 3.58. The van der Waals surface area contributed by atoms with Crippen molar-refractivity contribution in [1.82, 2.24) is 15.3 Å². The van der Waals surface area contributed by atoms with Crippen molar-refractivity contribution in [3.63, 3.8) is 0 Å². The summed E-state index contributed by atoms with van der Waals surface area (Å²) in [4.78, 5) is 22.7. The van der Waals surface area contributed by atoms with Gasteiger partial charge >= 0.3 is 0 Å². The van der Waals surface area contributed by atoms with Crippen molar-refractivity contribution < 1.29 is 4.79 Å². The highest BCUT2D eigenvalue weighted by Gasteiger charge is 2.26. The van der Waals surface area contributed by atoms with Crippen LogP contribution in [0.2, 0.25) is 0 Å². The van der Waals surface area contributed by atoms with Crippen molar-refractivity contribution in [1.29, 1.82) is 0 Å². The number of carbonyl (C=O) groups is 1. The molecule has 7 heteroatoms. The van der Waals surface area contributed by atoms with Gasteiger partial charge in [-0.25, -0.2) is 9.97 Å². The van der Waals surface area contributed by atoms with E-state index in [1.807, 2.05) is 20.0 Å².